The SMILES string of the molecule is Cc1ccc(O)c(CN[C@@H](C)c2cccs2)n1. The highest BCUT2D eigenvalue weighted by Gasteiger charge is 2.08. The number of pyridine rings is 1. The van der Waals surface area contributed by atoms with E-state index in [1.54, 1.807) is 17.4 Å². The Morgan fingerprint density at radius 3 is 2.94 bits per heavy atom. The maximum Gasteiger partial charge on any atom is 0.138 e. The van der Waals surface area contributed by atoms with Crippen molar-refractivity contribution in [2.24, 2.45) is 0 Å². The van der Waals surface area contributed by atoms with Crippen LogP contribution in [0, 0.1) is 6.92 Å². The van der Waals surface area contributed by atoms with Gasteiger partial charge in [0.2, 0.25) is 0 Å². The van der Waals surface area contributed by atoms with Gasteiger partial charge in [-0.05, 0) is 37.4 Å². The standard InChI is InChI=1S/C13H16N2OS/c1-9-5-6-12(16)11(15-9)8-14-10(2)13-4-3-7-17-13/h3-7,10,14,16H,8H2,1-2H3/t10-/m0/s1. The highest BCUT2D eigenvalue weighted by molar-refractivity contribution is 7.10. The average molecular weight is 248 g/mol. The zero-order valence-electron chi connectivity index (χ0n) is 9.97. The normalized spacial score (nSPS) is 12.6. The lowest BCUT2D eigenvalue weighted by Crippen LogP contribution is -2.18. The second kappa shape index (κ2) is 5.29. The van der Waals surface area contributed by atoms with Gasteiger partial charge in [-0.25, -0.2) is 0 Å². The first kappa shape index (κ1) is 12.1. The summed E-state index contributed by atoms with van der Waals surface area (Å²) in [6.45, 7) is 4.61. The summed E-state index contributed by atoms with van der Waals surface area (Å²) in [5, 5.41) is 15.1. The summed E-state index contributed by atoms with van der Waals surface area (Å²) in [6.07, 6.45) is 0. The van der Waals surface area contributed by atoms with Crippen molar-refractivity contribution in [3.63, 3.8) is 0 Å². The van der Waals surface area contributed by atoms with Crippen molar-refractivity contribution in [1.82, 2.24) is 10.3 Å². The Labute approximate surface area is 105 Å². The van der Waals surface area contributed by atoms with Crippen LogP contribution in [0.3, 0.4) is 0 Å². The lowest BCUT2D eigenvalue weighted by molar-refractivity contribution is 0.454. The van der Waals surface area contributed by atoms with Crippen LogP contribution in [-0.2, 0) is 6.54 Å². The number of aromatic nitrogens is 1. The van der Waals surface area contributed by atoms with E-state index in [0.29, 0.717) is 12.2 Å². The van der Waals surface area contributed by atoms with Gasteiger partial charge in [-0.2, -0.15) is 0 Å². The van der Waals surface area contributed by atoms with Gasteiger partial charge in [0.1, 0.15) is 5.75 Å². The molecule has 0 aromatic carbocycles. The van der Waals surface area contributed by atoms with Crippen LogP contribution in [0.2, 0.25) is 0 Å². The summed E-state index contributed by atoms with van der Waals surface area (Å²) < 4.78 is 0. The van der Waals surface area contributed by atoms with Crippen molar-refractivity contribution in [2.45, 2.75) is 26.4 Å². The van der Waals surface area contributed by atoms with Crippen LogP contribution in [0.1, 0.15) is 29.2 Å². The van der Waals surface area contributed by atoms with Crippen molar-refractivity contribution < 1.29 is 5.11 Å². The maximum absolute atomic E-state index is 9.68. The highest BCUT2D eigenvalue weighted by atomic mass is 32.1. The lowest BCUT2D eigenvalue weighted by atomic mass is 10.2. The zero-order chi connectivity index (χ0) is 12.3. The van der Waals surface area contributed by atoms with Gasteiger partial charge in [0.15, 0.2) is 0 Å². The van der Waals surface area contributed by atoms with Gasteiger partial charge in [-0.15, -0.1) is 11.3 Å². The van der Waals surface area contributed by atoms with E-state index < -0.39 is 0 Å². The maximum atomic E-state index is 9.68. The van der Waals surface area contributed by atoms with Crippen LogP contribution in [0.15, 0.2) is 29.6 Å². The molecule has 0 saturated heterocycles. The highest BCUT2D eigenvalue weighted by Crippen LogP contribution is 2.20. The van der Waals surface area contributed by atoms with Crippen molar-refractivity contribution >= 4 is 11.3 Å². The summed E-state index contributed by atoms with van der Waals surface area (Å²) in [6, 6.07) is 7.92. The summed E-state index contributed by atoms with van der Waals surface area (Å²) in [5.41, 5.74) is 1.62. The van der Waals surface area contributed by atoms with Crippen LogP contribution >= 0.6 is 11.3 Å². The molecule has 0 spiro atoms. The lowest BCUT2D eigenvalue weighted by Gasteiger charge is -2.12. The molecular weight excluding hydrogens is 232 g/mol. The van der Waals surface area contributed by atoms with E-state index in [-0.39, 0.29) is 11.8 Å². The van der Waals surface area contributed by atoms with Gasteiger partial charge in [0, 0.05) is 23.2 Å². The molecule has 2 N–H and O–H groups in total. The molecular formula is C13H16N2OS. The minimum absolute atomic E-state index is 0.251. The van der Waals surface area contributed by atoms with Gasteiger partial charge in [0.25, 0.3) is 0 Å². The van der Waals surface area contributed by atoms with E-state index in [1.807, 2.05) is 19.1 Å². The summed E-state index contributed by atoms with van der Waals surface area (Å²) in [4.78, 5) is 5.61. The minimum atomic E-state index is 0.251. The van der Waals surface area contributed by atoms with Gasteiger partial charge in [0.05, 0.1) is 5.69 Å². The number of aromatic hydroxyl groups is 1. The first-order valence-electron chi connectivity index (χ1n) is 5.59. The Hall–Kier alpha value is -1.39. The van der Waals surface area contributed by atoms with Crippen LogP contribution in [0.4, 0.5) is 0 Å². The Morgan fingerprint density at radius 1 is 1.41 bits per heavy atom. The number of hydrogen-bond acceptors (Lipinski definition) is 4. The third-order valence-corrected chi connectivity index (χ3v) is 3.69. The molecule has 2 heterocycles. The zero-order valence-corrected chi connectivity index (χ0v) is 10.8. The van der Waals surface area contributed by atoms with E-state index in [9.17, 15) is 5.11 Å². The first-order chi connectivity index (χ1) is 8.16. The Kier molecular flexibility index (Phi) is 3.76. The number of nitrogens with zero attached hydrogens (tertiary/aromatic N) is 1. The van der Waals surface area contributed by atoms with E-state index in [1.165, 1.54) is 4.88 Å². The molecule has 4 heteroatoms. The molecule has 17 heavy (non-hydrogen) atoms. The van der Waals surface area contributed by atoms with E-state index in [0.717, 1.165) is 5.69 Å². The number of aryl methyl sites for hydroxylation is 1. The smallest absolute Gasteiger partial charge is 0.138 e. The third-order valence-electron chi connectivity index (χ3n) is 2.64. The Bertz CT molecular complexity index is 482. The topological polar surface area (TPSA) is 45.1 Å². The molecule has 2 aromatic rings. The fourth-order valence-corrected chi connectivity index (χ4v) is 2.38. The molecule has 0 saturated carbocycles. The van der Waals surface area contributed by atoms with E-state index >= 15 is 0 Å². The predicted molar refractivity (Wildman–Crippen MR) is 70.2 cm³/mol. The molecule has 2 aromatic heterocycles. The number of thiophene rings is 1. The van der Waals surface area contributed by atoms with E-state index in [4.69, 9.17) is 0 Å². The van der Waals surface area contributed by atoms with Crippen molar-refractivity contribution in [2.75, 3.05) is 0 Å². The number of nitrogens with one attached hydrogen (secondary N) is 1. The van der Waals surface area contributed by atoms with Crippen LogP contribution in [-0.4, -0.2) is 10.1 Å². The van der Waals surface area contributed by atoms with Crippen molar-refractivity contribution in [1.29, 1.82) is 0 Å². The number of hydrogen-bond donors (Lipinski definition) is 2. The molecule has 0 aliphatic rings. The fourth-order valence-electron chi connectivity index (χ4n) is 1.62. The molecule has 2 rings (SSSR count). The fraction of sp³-hybridized carbons (Fsp3) is 0.308. The number of rotatable bonds is 4. The monoisotopic (exact) mass is 248 g/mol. The van der Waals surface area contributed by atoms with Crippen LogP contribution < -0.4 is 5.32 Å². The molecule has 0 aliphatic heterocycles. The molecule has 0 unspecified atom stereocenters. The van der Waals surface area contributed by atoms with Gasteiger partial charge in [-0.1, -0.05) is 6.07 Å². The molecule has 0 bridgehead atoms. The molecule has 3 nitrogen and oxygen atoms in total. The molecule has 90 valence electrons. The second-order valence-corrected chi connectivity index (χ2v) is 5.02. The molecule has 0 fully saturated rings. The Balaban J connectivity index is 2.00. The predicted octanol–water partition coefficient (Wildman–Crippen LogP) is 3.01. The third kappa shape index (κ3) is 3.05. The first-order valence-corrected chi connectivity index (χ1v) is 6.47. The van der Waals surface area contributed by atoms with Gasteiger partial charge in [-0.3, -0.25) is 4.98 Å². The van der Waals surface area contributed by atoms with Gasteiger partial charge < -0.3 is 10.4 Å². The van der Waals surface area contributed by atoms with Gasteiger partial charge >= 0.3 is 0 Å². The average Bonchev–Trinajstić information content (AvgIpc) is 2.83. The second-order valence-electron chi connectivity index (χ2n) is 4.04. The molecule has 0 amide bonds. The Morgan fingerprint density at radius 2 is 2.24 bits per heavy atom. The molecule has 0 radical (unpaired) electrons. The van der Waals surface area contributed by atoms with Crippen molar-refractivity contribution in [3.8, 4) is 5.75 Å². The van der Waals surface area contributed by atoms with E-state index in [2.05, 4.69) is 28.7 Å². The van der Waals surface area contributed by atoms with Crippen molar-refractivity contribution in [3.05, 3.63) is 45.9 Å². The summed E-state index contributed by atoms with van der Waals surface area (Å²) >= 11 is 1.73. The summed E-state index contributed by atoms with van der Waals surface area (Å²) in [7, 11) is 0. The quantitative estimate of drug-likeness (QED) is 0.874. The molecule has 0 aliphatic carbocycles. The van der Waals surface area contributed by atoms with Crippen LogP contribution in [0.25, 0.3) is 0 Å². The largest absolute Gasteiger partial charge is 0.506 e. The van der Waals surface area contributed by atoms with Crippen LogP contribution in [0.5, 0.6) is 5.75 Å². The molecule has 1 atom stereocenters. The minimum Gasteiger partial charge on any atom is -0.506 e. The summed E-state index contributed by atoms with van der Waals surface area (Å²) in [5.74, 6) is 0.251.